The second-order valence-corrected chi connectivity index (χ2v) is 7.81. The molecule has 3 aromatic rings. The van der Waals surface area contributed by atoms with Crippen molar-refractivity contribution in [3.8, 4) is 0 Å². The molecule has 25 heavy (non-hydrogen) atoms. The third kappa shape index (κ3) is 3.28. The maximum atomic E-state index is 6.51. The van der Waals surface area contributed by atoms with Crippen LogP contribution in [0.4, 0.5) is 0 Å². The first kappa shape index (κ1) is 18.2. The number of hydrogen-bond donors (Lipinski definition) is 0. The largest absolute Gasteiger partial charge is 0.233 e. The average molecular weight is 376 g/mol. The van der Waals surface area contributed by atoms with E-state index in [1.807, 2.05) is 30.3 Å². The van der Waals surface area contributed by atoms with Crippen molar-refractivity contribution in [2.24, 2.45) is 0 Å². The smallest absolute Gasteiger partial charge is 0.157 e. The van der Waals surface area contributed by atoms with E-state index in [2.05, 4.69) is 33.8 Å². The summed E-state index contributed by atoms with van der Waals surface area (Å²) < 4.78 is 1.72. The number of benzene rings is 1. The van der Waals surface area contributed by atoms with Crippen LogP contribution in [0.1, 0.15) is 63.4 Å². The van der Waals surface area contributed by atoms with Gasteiger partial charge in [-0.25, -0.2) is 9.50 Å². The molecule has 0 saturated carbocycles. The lowest BCUT2D eigenvalue weighted by molar-refractivity contribution is 0.494. The first-order chi connectivity index (χ1) is 11.9. The molecule has 0 saturated heterocycles. The highest BCUT2D eigenvalue weighted by Gasteiger charge is 2.33. The molecule has 3 rings (SSSR count). The van der Waals surface area contributed by atoms with E-state index in [0.717, 1.165) is 40.5 Å². The van der Waals surface area contributed by atoms with E-state index >= 15 is 0 Å². The zero-order chi connectivity index (χ0) is 18.2. The molecule has 0 N–H and O–H groups in total. The Bertz CT molecular complexity index is 901. The Hall–Kier alpha value is -1.58. The van der Waals surface area contributed by atoms with E-state index in [-0.39, 0.29) is 5.41 Å². The summed E-state index contributed by atoms with van der Waals surface area (Å²) in [6.45, 7) is 8.58. The van der Waals surface area contributed by atoms with Crippen LogP contribution in [0.15, 0.2) is 36.4 Å². The number of fused-ring (bicyclic) bond motifs is 1. The molecule has 0 radical (unpaired) electrons. The van der Waals surface area contributed by atoms with E-state index < -0.39 is 0 Å². The molecule has 0 aliphatic heterocycles. The van der Waals surface area contributed by atoms with Crippen LogP contribution in [0.3, 0.4) is 0 Å². The SMILES string of the molecule is CCCC(C)(c1cc2nc(C(C)C)cc(Cl)n2n1)c1ccccc1Cl. The summed E-state index contributed by atoms with van der Waals surface area (Å²) in [7, 11) is 0. The van der Waals surface area contributed by atoms with Crippen LogP contribution in [0.5, 0.6) is 0 Å². The Morgan fingerprint density at radius 1 is 1.16 bits per heavy atom. The molecule has 0 amide bonds. The van der Waals surface area contributed by atoms with E-state index in [9.17, 15) is 0 Å². The van der Waals surface area contributed by atoms with E-state index in [1.165, 1.54) is 0 Å². The van der Waals surface area contributed by atoms with Crippen LogP contribution < -0.4 is 0 Å². The molecule has 0 bridgehead atoms. The van der Waals surface area contributed by atoms with Crippen molar-refractivity contribution in [2.75, 3.05) is 0 Å². The fourth-order valence-corrected chi connectivity index (χ4v) is 3.91. The second kappa shape index (κ2) is 6.97. The number of hydrogen-bond acceptors (Lipinski definition) is 2. The Labute approximate surface area is 159 Å². The van der Waals surface area contributed by atoms with Gasteiger partial charge in [0.1, 0.15) is 5.15 Å². The van der Waals surface area contributed by atoms with Gasteiger partial charge in [0, 0.05) is 22.2 Å². The molecular weight excluding hydrogens is 353 g/mol. The summed E-state index contributed by atoms with van der Waals surface area (Å²) in [6.07, 6.45) is 1.96. The van der Waals surface area contributed by atoms with E-state index in [0.29, 0.717) is 11.1 Å². The summed E-state index contributed by atoms with van der Waals surface area (Å²) in [5, 5.41) is 6.13. The normalized spacial score (nSPS) is 14.2. The molecule has 3 nitrogen and oxygen atoms in total. The second-order valence-electron chi connectivity index (χ2n) is 7.02. The highest BCUT2D eigenvalue weighted by atomic mass is 35.5. The van der Waals surface area contributed by atoms with Gasteiger partial charge in [-0.15, -0.1) is 0 Å². The fraction of sp³-hybridized carbons (Fsp3) is 0.400. The van der Waals surface area contributed by atoms with Crippen molar-refractivity contribution in [1.82, 2.24) is 14.6 Å². The lowest BCUT2D eigenvalue weighted by Gasteiger charge is -2.29. The number of aromatic nitrogens is 3. The van der Waals surface area contributed by atoms with Gasteiger partial charge in [0.25, 0.3) is 0 Å². The van der Waals surface area contributed by atoms with Gasteiger partial charge in [-0.1, -0.05) is 68.6 Å². The molecule has 0 aliphatic rings. The number of rotatable bonds is 5. The van der Waals surface area contributed by atoms with Gasteiger partial charge in [0.15, 0.2) is 5.65 Å². The lowest BCUT2D eigenvalue weighted by atomic mass is 9.76. The van der Waals surface area contributed by atoms with Crippen molar-refractivity contribution in [3.63, 3.8) is 0 Å². The number of nitrogens with zero attached hydrogens (tertiary/aromatic N) is 3. The minimum Gasteiger partial charge on any atom is -0.233 e. The van der Waals surface area contributed by atoms with Crippen LogP contribution in [0, 0.1) is 0 Å². The number of halogens is 2. The Balaban J connectivity index is 2.21. The van der Waals surface area contributed by atoms with Crippen molar-refractivity contribution < 1.29 is 0 Å². The lowest BCUT2D eigenvalue weighted by Crippen LogP contribution is -2.24. The van der Waals surface area contributed by atoms with Crippen LogP contribution in [-0.2, 0) is 5.41 Å². The molecule has 0 aliphatic carbocycles. The first-order valence-electron chi connectivity index (χ1n) is 8.68. The standard InChI is InChI=1S/C20H23Cl2N3/c1-5-10-20(4,14-8-6-7-9-15(14)21)17-12-19-23-16(13(2)3)11-18(22)25(19)24-17/h6-9,11-13H,5,10H2,1-4H3. The van der Waals surface area contributed by atoms with Gasteiger partial charge in [-0.2, -0.15) is 5.10 Å². The zero-order valence-corrected chi connectivity index (χ0v) is 16.6. The quantitative estimate of drug-likeness (QED) is 0.492. The van der Waals surface area contributed by atoms with Crippen molar-refractivity contribution in [1.29, 1.82) is 0 Å². The molecule has 2 heterocycles. The van der Waals surface area contributed by atoms with Crippen LogP contribution in [0.2, 0.25) is 10.2 Å². The third-order valence-corrected chi connectivity index (χ3v) is 5.38. The van der Waals surface area contributed by atoms with Gasteiger partial charge in [0.2, 0.25) is 0 Å². The van der Waals surface area contributed by atoms with Crippen molar-refractivity contribution >= 4 is 28.8 Å². The summed E-state index contributed by atoms with van der Waals surface area (Å²) in [6, 6.07) is 11.9. The molecule has 0 fully saturated rings. The minimum atomic E-state index is -0.290. The maximum Gasteiger partial charge on any atom is 0.157 e. The van der Waals surface area contributed by atoms with Gasteiger partial charge < -0.3 is 0 Å². The fourth-order valence-electron chi connectivity index (χ4n) is 3.33. The topological polar surface area (TPSA) is 30.2 Å². The molecule has 132 valence electrons. The molecular formula is C20H23Cl2N3. The predicted octanol–water partition coefficient (Wildman–Crippen LogP) is 6.27. The molecule has 1 unspecified atom stereocenters. The minimum absolute atomic E-state index is 0.290. The van der Waals surface area contributed by atoms with Crippen LogP contribution in [0.25, 0.3) is 5.65 Å². The highest BCUT2D eigenvalue weighted by Crippen LogP contribution is 2.39. The van der Waals surface area contributed by atoms with Crippen molar-refractivity contribution in [3.05, 3.63) is 63.5 Å². The van der Waals surface area contributed by atoms with E-state index in [1.54, 1.807) is 4.52 Å². The summed E-state index contributed by atoms with van der Waals surface area (Å²) in [4.78, 5) is 4.73. The molecule has 1 atom stereocenters. The zero-order valence-electron chi connectivity index (χ0n) is 15.1. The summed E-state index contributed by atoms with van der Waals surface area (Å²) >= 11 is 13.0. The summed E-state index contributed by atoms with van der Waals surface area (Å²) in [5.41, 5.74) is 3.49. The predicted molar refractivity (Wildman–Crippen MR) is 105 cm³/mol. The van der Waals surface area contributed by atoms with Gasteiger partial charge in [-0.3, -0.25) is 0 Å². The molecule has 0 spiro atoms. The maximum absolute atomic E-state index is 6.51. The van der Waals surface area contributed by atoms with Gasteiger partial charge >= 0.3 is 0 Å². The average Bonchev–Trinajstić information content (AvgIpc) is 3.00. The van der Waals surface area contributed by atoms with Crippen LogP contribution >= 0.6 is 23.2 Å². The third-order valence-electron chi connectivity index (χ3n) is 4.78. The van der Waals surface area contributed by atoms with Gasteiger partial charge in [0.05, 0.1) is 5.69 Å². The Morgan fingerprint density at radius 2 is 1.88 bits per heavy atom. The van der Waals surface area contributed by atoms with Crippen LogP contribution in [-0.4, -0.2) is 14.6 Å². The Morgan fingerprint density at radius 3 is 2.52 bits per heavy atom. The molecule has 1 aromatic carbocycles. The summed E-state index contributed by atoms with van der Waals surface area (Å²) in [5.74, 6) is 0.312. The molecule has 2 aromatic heterocycles. The van der Waals surface area contributed by atoms with E-state index in [4.69, 9.17) is 33.3 Å². The highest BCUT2D eigenvalue weighted by molar-refractivity contribution is 6.31. The van der Waals surface area contributed by atoms with Crippen molar-refractivity contribution in [2.45, 2.75) is 51.9 Å². The monoisotopic (exact) mass is 375 g/mol. The molecule has 5 heteroatoms. The van der Waals surface area contributed by atoms with Gasteiger partial charge in [-0.05, 0) is 37.0 Å². The first-order valence-corrected chi connectivity index (χ1v) is 9.44. The Kier molecular flexibility index (Phi) is 5.08.